The quantitative estimate of drug-likeness (QED) is 0.746. The van der Waals surface area contributed by atoms with Crippen molar-refractivity contribution in [2.45, 2.75) is 19.8 Å². The minimum absolute atomic E-state index is 0.246. The number of nitriles is 1. The smallest absolute Gasteiger partial charge is 0.216 e. The van der Waals surface area contributed by atoms with Crippen molar-refractivity contribution in [3.8, 4) is 6.07 Å². The average Bonchev–Trinajstić information content (AvgIpc) is 2.95. The molecule has 21 heavy (non-hydrogen) atoms. The van der Waals surface area contributed by atoms with E-state index < -0.39 is 0 Å². The van der Waals surface area contributed by atoms with Gasteiger partial charge in [0, 0.05) is 15.1 Å². The largest absolute Gasteiger partial charge is 0.358 e. The molecular weight excluding hydrogens is 400 g/mol. The molecule has 0 spiro atoms. The lowest BCUT2D eigenvalue weighted by Gasteiger charge is -2.12. The summed E-state index contributed by atoms with van der Waals surface area (Å²) in [5.74, 6) is 0.673. The van der Waals surface area contributed by atoms with Gasteiger partial charge in [-0.3, -0.25) is 0 Å². The van der Waals surface area contributed by atoms with E-state index >= 15 is 0 Å². The number of nitrogens with one attached hydrogen (secondary N) is 2. The van der Waals surface area contributed by atoms with Crippen LogP contribution in [0.2, 0.25) is 0 Å². The van der Waals surface area contributed by atoms with Gasteiger partial charge in [-0.15, -0.1) is 10.2 Å². The molecule has 0 radical (unpaired) electrons. The molecule has 0 aliphatic rings. The summed E-state index contributed by atoms with van der Waals surface area (Å²) in [4.78, 5) is 0. The number of aromatic nitrogens is 4. The highest BCUT2D eigenvalue weighted by molar-refractivity contribution is 9.11. The van der Waals surface area contributed by atoms with Gasteiger partial charge in [0.2, 0.25) is 5.82 Å². The van der Waals surface area contributed by atoms with Crippen LogP contribution >= 0.6 is 31.9 Å². The molecule has 108 valence electrons. The fourth-order valence-electron chi connectivity index (χ4n) is 1.63. The number of anilines is 1. The van der Waals surface area contributed by atoms with Gasteiger partial charge in [-0.1, -0.05) is 13.8 Å². The number of benzene rings is 1. The van der Waals surface area contributed by atoms with E-state index in [-0.39, 0.29) is 11.4 Å². The SMILES string of the molecule is CC(C)c1cc(Br)c(NC=C(C#N)c2nn[nH]n2)c(Br)c1. The molecule has 8 heteroatoms. The van der Waals surface area contributed by atoms with Crippen molar-refractivity contribution in [3.05, 3.63) is 38.7 Å². The highest BCUT2D eigenvalue weighted by Gasteiger charge is 2.10. The number of nitrogens with zero attached hydrogens (tertiary/aromatic N) is 4. The summed E-state index contributed by atoms with van der Waals surface area (Å²) in [6.45, 7) is 4.26. The molecule has 6 nitrogen and oxygen atoms in total. The fourth-order valence-corrected chi connectivity index (χ4v) is 3.08. The van der Waals surface area contributed by atoms with Crippen molar-refractivity contribution >= 4 is 43.1 Å². The van der Waals surface area contributed by atoms with Crippen LogP contribution in [0.25, 0.3) is 5.57 Å². The molecule has 0 atom stereocenters. The van der Waals surface area contributed by atoms with E-state index in [9.17, 15) is 0 Å². The zero-order valence-corrected chi connectivity index (χ0v) is 14.5. The minimum atomic E-state index is 0.246. The Labute approximate surface area is 138 Å². The first-order valence-electron chi connectivity index (χ1n) is 6.12. The predicted molar refractivity (Wildman–Crippen MR) is 87.3 cm³/mol. The number of halogens is 2. The maximum atomic E-state index is 9.13. The molecule has 0 saturated heterocycles. The summed E-state index contributed by atoms with van der Waals surface area (Å²) in [5, 5.41) is 25.5. The monoisotopic (exact) mass is 410 g/mol. The molecule has 1 aromatic carbocycles. The standard InChI is InChI=1S/C13H12Br2N6/c1-7(2)8-3-10(14)12(11(15)4-8)17-6-9(5-16)13-18-20-21-19-13/h3-4,6-7,17H,1-2H3,(H,18,19,20,21). The van der Waals surface area contributed by atoms with Crippen LogP contribution in [-0.2, 0) is 0 Å². The molecular formula is C13H12Br2N6. The normalized spacial score (nSPS) is 11.5. The van der Waals surface area contributed by atoms with E-state index in [1.807, 2.05) is 18.2 Å². The lowest BCUT2D eigenvalue weighted by molar-refractivity contribution is 0.865. The first-order valence-corrected chi connectivity index (χ1v) is 7.71. The van der Waals surface area contributed by atoms with Gasteiger partial charge in [0.1, 0.15) is 11.6 Å². The van der Waals surface area contributed by atoms with Crippen molar-refractivity contribution in [1.82, 2.24) is 20.6 Å². The first-order chi connectivity index (χ1) is 10.0. The third kappa shape index (κ3) is 3.68. The molecule has 0 fully saturated rings. The molecule has 0 amide bonds. The Morgan fingerprint density at radius 2 is 2.05 bits per heavy atom. The summed E-state index contributed by atoms with van der Waals surface area (Å²) >= 11 is 7.07. The topological polar surface area (TPSA) is 90.3 Å². The van der Waals surface area contributed by atoms with Crippen molar-refractivity contribution in [2.75, 3.05) is 5.32 Å². The second kappa shape index (κ2) is 6.83. The molecule has 0 aliphatic heterocycles. The summed E-state index contributed by atoms with van der Waals surface area (Å²) in [6, 6.07) is 6.12. The number of hydrogen-bond acceptors (Lipinski definition) is 5. The van der Waals surface area contributed by atoms with Crippen molar-refractivity contribution in [1.29, 1.82) is 5.26 Å². The average molecular weight is 412 g/mol. The Morgan fingerprint density at radius 3 is 2.52 bits per heavy atom. The van der Waals surface area contributed by atoms with Gasteiger partial charge in [-0.05, 0) is 60.7 Å². The number of allylic oxidation sites excluding steroid dienone is 1. The van der Waals surface area contributed by atoms with Crippen LogP contribution in [0.4, 0.5) is 5.69 Å². The summed E-state index contributed by atoms with van der Waals surface area (Å²) in [7, 11) is 0. The van der Waals surface area contributed by atoms with Crippen molar-refractivity contribution in [2.24, 2.45) is 0 Å². The fraction of sp³-hybridized carbons (Fsp3) is 0.231. The van der Waals surface area contributed by atoms with Gasteiger partial charge in [-0.2, -0.15) is 10.5 Å². The lowest BCUT2D eigenvalue weighted by Crippen LogP contribution is -1.97. The molecule has 0 bridgehead atoms. The molecule has 1 aromatic heterocycles. The Balaban J connectivity index is 2.30. The molecule has 0 aliphatic carbocycles. The minimum Gasteiger partial charge on any atom is -0.358 e. The van der Waals surface area contributed by atoms with Gasteiger partial charge in [0.15, 0.2) is 0 Å². The molecule has 1 heterocycles. The zero-order chi connectivity index (χ0) is 15.4. The van der Waals surface area contributed by atoms with Crippen LogP contribution in [0.1, 0.15) is 31.2 Å². The van der Waals surface area contributed by atoms with E-state index in [1.54, 1.807) is 6.20 Å². The van der Waals surface area contributed by atoms with Crippen LogP contribution < -0.4 is 5.32 Å². The number of tetrazole rings is 1. The predicted octanol–water partition coefficient (Wildman–Crippen LogP) is 3.82. The second-order valence-electron chi connectivity index (χ2n) is 4.56. The summed E-state index contributed by atoms with van der Waals surface area (Å²) < 4.78 is 1.81. The second-order valence-corrected chi connectivity index (χ2v) is 6.27. The third-order valence-corrected chi connectivity index (χ3v) is 4.05. The third-order valence-electron chi connectivity index (χ3n) is 2.80. The van der Waals surface area contributed by atoms with Crippen LogP contribution in [0.3, 0.4) is 0 Å². The number of aromatic amines is 1. The van der Waals surface area contributed by atoms with Gasteiger partial charge >= 0.3 is 0 Å². The molecule has 2 aromatic rings. The Kier molecular flexibility index (Phi) is 5.09. The Morgan fingerprint density at radius 1 is 1.38 bits per heavy atom. The number of H-pyrrole nitrogens is 1. The molecule has 0 saturated carbocycles. The highest BCUT2D eigenvalue weighted by atomic mass is 79.9. The van der Waals surface area contributed by atoms with Gasteiger partial charge < -0.3 is 5.32 Å². The van der Waals surface area contributed by atoms with Gasteiger partial charge in [0.25, 0.3) is 0 Å². The van der Waals surface area contributed by atoms with Crippen molar-refractivity contribution in [3.63, 3.8) is 0 Å². The molecule has 0 unspecified atom stereocenters. The molecule has 2 N–H and O–H groups in total. The number of rotatable bonds is 4. The van der Waals surface area contributed by atoms with E-state index in [1.165, 1.54) is 5.56 Å². The maximum absolute atomic E-state index is 9.13. The lowest BCUT2D eigenvalue weighted by atomic mass is 10.0. The van der Waals surface area contributed by atoms with E-state index in [0.29, 0.717) is 5.92 Å². The molecule has 2 rings (SSSR count). The van der Waals surface area contributed by atoms with E-state index in [2.05, 4.69) is 71.6 Å². The van der Waals surface area contributed by atoms with Crippen LogP contribution in [0, 0.1) is 11.3 Å². The van der Waals surface area contributed by atoms with Crippen LogP contribution in [0.15, 0.2) is 27.3 Å². The number of hydrogen-bond donors (Lipinski definition) is 2. The van der Waals surface area contributed by atoms with E-state index in [4.69, 9.17) is 5.26 Å². The maximum Gasteiger partial charge on any atom is 0.216 e. The Bertz CT molecular complexity index is 677. The van der Waals surface area contributed by atoms with Crippen LogP contribution in [0.5, 0.6) is 0 Å². The van der Waals surface area contributed by atoms with Gasteiger partial charge in [-0.25, -0.2) is 0 Å². The summed E-state index contributed by atoms with van der Waals surface area (Å²) in [5.41, 5.74) is 2.33. The summed E-state index contributed by atoms with van der Waals surface area (Å²) in [6.07, 6.45) is 1.55. The zero-order valence-electron chi connectivity index (χ0n) is 11.4. The first kappa shape index (κ1) is 15.7. The Hall–Kier alpha value is -1.72. The highest BCUT2D eigenvalue weighted by Crippen LogP contribution is 2.35. The van der Waals surface area contributed by atoms with Crippen molar-refractivity contribution < 1.29 is 0 Å². The van der Waals surface area contributed by atoms with Crippen LogP contribution in [-0.4, -0.2) is 20.6 Å². The van der Waals surface area contributed by atoms with E-state index in [0.717, 1.165) is 14.6 Å². The van der Waals surface area contributed by atoms with Gasteiger partial charge in [0.05, 0.1) is 5.69 Å².